The third-order valence-electron chi connectivity index (χ3n) is 4.73. The normalized spacial score (nSPS) is 11.6. The van der Waals surface area contributed by atoms with E-state index in [1.807, 2.05) is 30.3 Å². The molecular weight excluding hydrogens is 439 g/mol. The van der Waals surface area contributed by atoms with Crippen LogP contribution < -0.4 is 5.32 Å². The van der Waals surface area contributed by atoms with Crippen molar-refractivity contribution in [2.45, 2.75) is 24.7 Å². The van der Waals surface area contributed by atoms with Gasteiger partial charge in [0.1, 0.15) is 0 Å². The summed E-state index contributed by atoms with van der Waals surface area (Å²) < 4.78 is 40.9. The first-order chi connectivity index (χ1) is 15.3. The molecule has 0 radical (unpaired) electrons. The van der Waals surface area contributed by atoms with Crippen LogP contribution in [0.2, 0.25) is 0 Å². The molecule has 2 heterocycles. The quantitative estimate of drug-likeness (QED) is 0.408. The summed E-state index contributed by atoms with van der Waals surface area (Å²) in [5.74, 6) is -0.737. The van der Waals surface area contributed by atoms with Crippen LogP contribution in [0, 0.1) is 0 Å². The van der Waals surface area contributed by atoms with Crippen LogP contribution in [-0.2, 0) is 17.4 Å². The molecule has 0 atom stereocenters. The average molecular weight is 457 g/mol. The van der Waals surface area contributed by atoms with Gasteiger partial charge in [-0.1, -0.05) is 55.1 Å². The Morgan fingerprint density at radius 3 is 2.50 bits per heavy atom. The molecule has 32 heavy (non-hydrogen) atoms. The predicted octanol–water partition coefficient (Wildman–Crippen LogP) is 5.10. The number of hydrogen-bond donors (Lipinski definition) is 1. The van der Waals surface area contributed by atoms with Gasteiger partial charge in [0.05, 0.1) is 22.7 Å². The Hall–Kier alpha value is -3.40. The van der Waals surface area contributed by atoms with E-state index in [1.54, 1.807) is 6.07 Å². The highest BCUT2D eigenvalue weighted by Crippen LogP contribution is 2.34. The fraction of sp³-hybridized carbons (Fsp3) is 0.182. The first kappa shape index (κ1) is 21.8. The Kier molecular flexibility index (Phi) is 6.13. The van der Waals surface area contributed by atoms with Gasteiger partial charge in [-0.25, -0.2) is 0 Å². The van der Waals surface area contributed by atoms with E-state index in [2.05, 4.69) is 27.5 Å². The van der Waals surface area contributed by atoms with Crippen molar-refractivity contribution >= 4 is 29.0 Å². The van der Waals surface area contributed by atoms with Crippen molar-refractivity contribution < 1.29 is 18.0 Å². The number of para-hydroxylation sites is 1. The molecule has 0 saturated heterocycles. The largest absolute Gasteiger partial charge is 0.418 e. The molecule has 0 saturated carbocycles. The number of aryl methyl sites for hydroxylation is 1. The highest BCUT2D eigenvalue weighted by molar-refractivity contribution is 7.99. The number of fused-ring (bicyclic) bond motifs is 1. The van der Waals surface area contributed by atoms with Crippen LogP contribution in [0.4, 0.5) is 18.9 Å². The summed E-state index contributed by atoms with van der Waals surface area (Å²) in [6, 6.07) is 16.5. The van der Waals surface area contributed by atoms with Crippen molar-refractivity contribution in [3.05, 3.63) is 71.8 Å². The fourth-order valence-corrected chi connectivity index (χ4v) is 3.77. The van der Waals surface area contributed by atoms with E-state index in [-0.39, 0.29) is 11.4 Å². The van der Waals surface area contributed by atoms with Crippen molar-refractivity contribution in [3.8, 4) is 11.3 Å². The van der Waals surface area contributed by atoms with Crippen molar-refractivity contribution in [3.63, 3.8) is 0 Å². The van der Waals surface area contributed by atoms with Crippen molar-refractivity contribution in [1.29, 1.82) is 0 Å². The molecule has 4 aromatic rings. The average Bonchev–Trinajstić information content (AvgIpc) is 3.19. The van der Waals surface area contributed by atoms with E-state index in [1.165, 1.54) is 28.3 Å². The Labute approximate surface area is 185 Å². The molecule has 1 amide bonds. The van der Waals surface area contributed by atoms with Gasteiger partial charge in [0, 0.05) is 5.56 Å². The van der Waals surface area contributed by atoms with E-state index in [0.717, 1.165) is 29.8 Å². The number of aromatic nitrogens is 4. The number of carbonyl (C=O) groups is 1. The van der Waals surface area contributed by atoms with E-state index < -0.39 is 17.6 Å². The number of carbonyl (C=O) groups excluding carboxylic acids is 1. The number of thioether (sulfide) groups is 1. The summed E-state index contributed by atoms with van der Waals surface area (Å²) in [5, 5.41) is 15.3. The van der Waals surface area contributed by atoms with Crippen molar-refractivity contribution in [2.75, 3.05) is 11.1 Å². The number of halogens is 3. The molecule has 6 nitrogen and oxygen atoms in total. The van der Waals surface area contributed by atoms with E-state index in [4.69, 9.17) is 0 Å². The van der Waals surface area contributed by atoms with Gasteiger partial charge in [-0.2, -0.15) is 22.8 Å². The Balaban J connectivity index is 1.49. The number of anilines is 1. The third-order valence-corrected chi connectivity index (χ3v) is 5.65. The van der Waals surface area contributed by atoms with E-state index >= 15 is 0 Å². The highest BCUT2D eigenvalue weighted by atomic mass is 32.2. The molecular formula is C22H18F3N5OS. The SMILES string of the molecule is CCc1ccc(-c2ccc3nnc(SCC(=O)Nc4ccccc4C(F)(F)F)n3n2)cc1. The standard InChI is InChI=1S/C22H18F3N5OS/c1-2-14-7-9-15(10-8-14)17-11-12-19-27-28-21(30(19)29-17)32-13-20(31)26-18-6-4-3-5-16(18)22(23,24)25/h3-12H,2,13H2,1H3,(H,26,31). The molecule has 0 aliphatic rings. The zero-order valence-corrected chi connectivity index (χ0v) is 17.7. The van der Waals surface area contributed by atoms with Gasteiger partial charge in [-0.3, -0.25) is 4.79 Å². The molecule has 0 fully saturated rings. The molecule has 164 valence electrons. The van der Waals surface area contributed by atoms with E-state index in [9.17, 15) is 18.0 Å². The summed E-state index contributed by atoms with van der Waals surface area (Å²) in [5.41, 5.74) is 2.18. The minimum atomic E-state index is -4.56. The molecule has 0 spiro atoms. The molecule has 0 unspecified atom stereocenters. The topological polar surface area (TPSA) is 72.2 Å². The highest BCUT2D eigenvalue weighted by Gasteiger charge is 2.33. The lowest BCUT2D eigenvalue weighted by Crippen LogP contribution is -2.18. The number of rotatable bonds is 6. The zero-order chi connectivity index (χ0) is 22.7. The number of alkyl halides is 3. The summed E-state index contributed by atoms with van der Waals surface area (Å²) in [6.07, 6.45) is -3.62. The number of amides is 1. The number of benzene rings is 2. The molecule has 0 aliphatic heterocycles. The monoisotopic (exact) mass is 457 g/mol. The van der Waals surface area contributed by atoms with Crippen LogP contribution in [0.15, 0.2) is 65.8 Å². The van der Waals surface area contributed by atoms with Gasteiger partial charge < -0.3 is 5.32 Å². The number of hydrogen-bond acceptors (Lipinski definition) is 5. The minimum Gasteiger partial charge on any atom is -0.325 e. The second kappa shape index (κ2) is 8.99. The predicted molar refractivity (Wildman–Crippen MR) is 116 cm³/mol. The van der Waals surface area contributed by atoms with Crippen LogP contribution in [0.1, 0.15) is 18.1 Å². The van der Waals surface area contributed by atoms with Crippen LogP contribution in [0.3, 0.4) is 0 Å². The third kappa shape index (κ3) is 4.75. The van der Waals surface area contributed by atoms with Gasteiger partial charge in [0.2, 0.25) is 11.1 Å². The van der Waals surface area contributed by atoms with Gasteiger partial charge in [0.25, 0.3) is 0 Å². The molecule has 0 aliphatic carbocycles. The first-order valence-corrected chi connectivity index (χ1v) is 10.7. The van der Waals surface area contributed by atoms with Crippen LogP contribution in [0.25, 0.3) is 16.9 Å². The maximum absolute atomic E-state index is 13.1. The van der Waals surface area contributed by atoms with Gasteiger partial charge in [-0.05, 0) is 36.2 Å². The molecule has 0 bridgehead atoms. The fourth-order valence-electron chi connectivity index (χ4n) is 3.08. The number of nitrogens with zero attached hydrogens (tertiary/aromatic N) is 4. The lowest BCUT2D eigenvalue weighted by molar-refractivity contribution is -0.137. The molecule has 4 rings (SSSR count). The summed E-state index contributed by atoms with van der Waals surface area (Å²) in [4.78, 5) is 12.3. The molecule has 1 N–H and O–H groups in total. The van der Waals surface area contributed by atoms with Crippen LogP contribution >= 0.6 is 11.8 Å². The lowest BCUT2D eigenvalue weighted by atomic mass is 10.1. The first-order valence-electron chi connectivity index (χ1n) is 9.76. The van der Waals surface area contributed by atoms with Gasteiger partial charge in [0.15, 0.2) is 5.65 Å². The van der Waals surface area contributed by atoms with Gasteiger partial charge in [-0.15, -0.1) is 10.2 Å². The second-order valence-electron chi connectivity index (χ2n) is 6.90. The molecule has 2 aromatic carbocycles. The minimum absolute atomic E-state index is 0.149. The number of nitrogens with one attached hydrogen (secondary N) is 1. The lowest BCUT2D eigenvalue weighted by Gasteiger charge is -2.13. The maximum atomic E-state index is 13.1. The van der Waals surface area contributed by atoms with Crippen molar-refractivity contribution in [1.82, 2.24) is 19.8 Å². The summed E-state index contributed by atoms with van der Waals surface area (Å²) in [7, 11) is 0. The molecule has 10 heteroatoms. The molecule has 2 aromatic heterocycles. The Bertz CT molecular complexity index is 1250. The summed E-state index contributed by atoms with van der Waals surface area (Å²) in [6.45, 7) is 2.08. The second-order valence-corrected chi connectivity index (χ2v) is 7.84. The Morgan fingerprint density at radius 1 is 1.03 bits per heavy atom. The zero-order valence-electron chi connectivity index (χ0n) is 16.9. The van der Waals surface area contributed by atoms with Crippen LogP contribution in [-0.4, -0.2) is 31.5 Å². The Morgan fingerprint density at radius 2 is 1.78 bits per heavy atom. The van der Waals surface area contributed by atoms with Gasteiger partial charge >= 0.3 is 6.18 Å². The van der Waals surface area contributed by atoms with Crippen molar-refractivity contribution in [2.24, 2.45) is 0 Å². The van der Waals surface area contributed by atoms with Crippen LogP contribution in [0.5, 0.6) is 0 Å². The summed E-state index contributed by atoms with van der Waals surface area (Å²) >= 11 is 1.04. The smallest absolute Gasteiger partial charge is 0.325 e. The maximum Gasteiger partial charge on any atom is 0.418 e. The van der Waals surface area contributed by atoms with E-state index in [0.29, 0.717) is 16.5 Å².